The third kappa shape index (κ3) is 8.82. The predicted octanol–water partition coefficient (Wildman–Crippen LogP) is 0.530. The smallest absolute Gasteiger partial charge is 0.328 e. The number of methoxy groups -OCH3 is 1. The molecule has 0 aromatic heterocycles. The predicted molar refractivity (Wildman–Crippen MR) is 95.7 cm³/mol. The van der Waals surface area contributed by atoms with Crippen molar-refractivity contribution in [1.29, 1.82) is 0 Å². The number of unbranched alkanes of at least 4 members (excludes halogenated alkanes) is 1. The maximum absolute atomic E-state index is 12.0. The number of hydrogen-bond donors (Lipinski definition) is 4. The molecular formula is C18H25N3O6. The summed E-state index contributed by atoms with van der Waals surface area (Å²) in [5.41, 5.74) is 2.03. The Morgan fingerprint density at radius 1 is 1.04 bits per heavy atom. The third-order valence-corrected chi connectivity index (χ3v) is 3.76. The Hall–Kier alpha value is -2.94. The van der Waals surface area contributed by atoms with Gasteiger partial charge in [-0.15, -0.1) is 0 Å². The highest BCUT2D eigenvalue weighted by atomic mass is 16.5. The lowest BCUT2D eigenvalue weighted by Gasteiger charge is -2.16. The zero-order valence-electron chi connectivity index (χ0n) is 15.2. The van der Waals surface area contributed by atoms with Crippen molar-refractivity contribution in [2.45, 2.75) is 38.1 Å². The number of hydrogen-bond acceptors (Lipinski definition) is 6. The van der Waals surface area contributed by atoms with Gasteiger partial charge in [-0.2, -0.15) is 0 Å². The van der Waals surface area contributed by atoms with E-state index in [-0.39, 0.29) is 31.1 Å². The van der Waals surface area contributed by atoms with Crippen molar-refractivity contribution in [2.75, 3.05) is 13.7 Å². The molecule has 0 saturated carbocycles. The lowest BCUT2D eigenvalue weighted by molar-refractivity contribution is -0.145. The first kappa shape index (κ1) is 22.1. The molecule has 0 fully saturated rings. The number of nitrogens with one attached hydrogen (secondary N) is 3. The maximum Gasteiger partial charge on any atom is 0.328 e. The van der Waals surface area contributed by atoms with Crippen LogP contribution < -0.4 is 16.1 Å². The van der Waals surface area contributed by atoms with E-state index in [1.165, 1.54) is 12.6 Å². The number of hydroxylamine groups is 1. The van der Waals surface area contributed by atoms with Gasteiger partial charge in [0, 0.05) is 24.9 Å². The fourth-order valence-corrected chi connectivity index (χ4v) is 2.29. The standard InChI is InChI=1S/C18H25N3O6/c1-27-18(25)14(10-11-16(23)21-26)20-15(22)9-5-6-12-19-17(24)13-7-3-2-4-8-13/h2-4,7-8,14,26H,5-6,9-12H2,1H3,(H,19,24)(H,20,22)(H,21,23)/t14-/m0/s1. The molecule has 0 aliphatic rings. The first-order valence-electron chi connectivity index (χ1n) is 8.61. The van der Waals surface area contributed by atoms with Gasteiger partial charge < -0.3 is 15.4 Å². The van der Waals surface area contributed by atoms with Crippen LogP contribution in [0.2, 0.25) is 0 Å². The molecular weight excluding hydrogens is 354 g/mol. The van der Waals surface area contributed by atoms with Gasteiger partial charge >= 0.3 is 5.97 Å². The average molecular weight is 379 g/mol. The van der Waals surface area contributed by atoms with Crippen LogP contribution >= 0.6 is 0 Å². The summed E-state index contributed by atoms with van der Waals surface area (Å²) in [6, 6.07) is 7.85. The molecule has 4 N–H and O–H groups in total. The Labute approximate surface area is 157 Å². The summed E-state index contributed by atoms with van der Waals surface area (Å²) >= 11 is 0. The normalized spacial score (nSPS) is 11.2. The Bertz CT molecular complexity index is 635. The van der Waals surface area contributed by atoms with E-state index in [0.717, 1.165) is 0 Å². The highest BCUT2D eigenvalue weighted by Crippen LogP contribution is 2.03. The summed E-state index contributed by atoms with van der Waals surface area (Å²) in [6.45, 7) is 0.429. The molecule has 1 aromatic carbocycles. The minimum atomic E-state index is -0.961. The summed E-state index contributed by atoms with van der Waals surface area (Å²) in [5, 5.41) is 13.7. The second kappa shape index (κ2) is 12.4. The largest absolute Gasteiger partial charge is 0.467 e. The van der Waals surface area contributed by atoms with E-state index in [1.807, 2.05) is 6.07 Å². The molecule has 148 valence electrons. The van der Waals surface area contributed by atoms with Gasteiger partial charge in [-0.1, -0.05) is 18.2 Å². The molecule has 0 spiro atoms. The first-order valence-corrected chi connectivity index (χ1v) is 8.61. The first-order chi connectivity index (χ1) is 13.0. The summed E-state index contributed by atoms with van der Waals surface area (Å²) in [6.07, 6.45) is 1.16. The molecule has 0 heterocycles. The SMILES string of the molecule is COC(=O)[C@H](CCC(=O)NO)NC(=O)CCCCNC(=O)c1ccccc1. The molecule has 0 saturated heterocycles. The lowest BCUT2D eigenvalue weighted by atomic mass is 10.1. The molecule has 0 unspecified atom stereocenters. The Kier molecular flexibility index (Phi) is 10.2. The van der Waals surface area contributed by atoms with Crippen molar-refractivity contribution >= 4 is 23.7 Å². The van der Waals surface area contributed by atoms with Gasteiger partial charge in [-0.05, 0) is 31.4 Å². The van der Waals surface area contributed by atoms with Gasteiger partial charge in [-0.3, -0.25) is 19.6 Å². The molecule has 0 radical (unpaired) electrons. The molecule has 1 rings (SSSR count). The number of benzene rings is 1. The second-order valence-corrected chi connectivity index (χ2v) is 5.80. The van der Waals surface area contributed by atoms with Crippen LogP contribution in [0.25, 0.3) is 0 Å². The highest BCUT2D eigenvalue weighted by Gasteiger charge is 2.22. The number of carbonyl (C=O) groups excluding carboxylic acids is 4. The van der Waals surface area contributed by atoms with Crippen LogP contribution in [0.3, 0.4) is 0 Å². The van der Waals surface area contributed by atoms with Gasteiger partial charge in [-0.25, -0.2) is 10.3 Å². The monoisotopic (exact) mass is 379 g/mol. The lowest BCUT2D eigenvalue weighted by Crippen LogP contribution is -2.42. The number of amides is 3. The second-order valence-electron chi connectivity index (χ2n) is 5.80. The molecule has 9 heteroatoms. The summed E-state index contributed by atoms with van der Waals surface area (Å²) in [4.78, 5) is 46.5. The average Bonchev–Trinajstić information content (AvgIpc) is 2.70. The van der Waals surface area contributed by atoms with Gasteiger partial charge in [0.1, 0.15) is 6.04 Å². The van der Waals surface area contributed by atoms with E-state index in [9.17, 15) is 19.2 Å². The summed E-state index contributed by atoms with van der Waals surface area (Å²) < 4.78 is 4.60. The van der Waals surface area contributed by atoms with Gasteiger partial charge in [0.2, 0.25) is 11.8 Å². The molecule has 3 amide bonds. The van der Waals surface area contributed by atoms with Crippen LogP contribution in [0.1, 0.15) is 42.5 Å². The van der Waals surface area contributed by atoms with E-state index in [0.29, 0.717) is 24.9 Å². The molecule has 27 heavy (non-hydrogen) atoms. The fraction of sp³-hybridized carbons (Fsp3) is 0.444. The molecule has 9 nitrogen and oxygen atoms in total. The van der Waals surface area contributed by atoms with Crippen molar-refractivity contribution in [1.82, 2.24) is 16.1 Å². The van der Waals surface area contributed by atoms with E-state index >= 15 is 0 Å². The zero-order chi connectivity index (χ0) is 20.1. The Balaban J connectivity index is 2.28. The van der Waals surface area contributed by atoms with E-state index in [4.69, 9.17) is 5.21 Å². The number of esters is 1. The highest BCUT2D eigenvalue weighted by molar-refractivity contribution is 5.94. The summed E-state index contributed by atoms with van der Waals surface area (Å²) in [7, 11) is 1.18. The Morgan fingerprint density at radius 3 is 2.37 bits per heavy atom. The van der Waals surface area contributed by atoms with Gasteiger partial charge in [0.25, 0.3) is 5.91 Å². The van der Waals surface area contributed by atoms with Gasteiger partial charge in [0.15, 0.2) is 0 Å². The van der Waals surface area contributed by atoms with Crippen LogP contribution in [0.5, 0.6) is 0 Å². The number of ether oxygens (including phenoxy) is 1. The van der Waals surface area contributed by atoms with Crippen molar-refractivity contribution in [3.8, 4) is 0 Å². The topological polar surface area (TPSA) is 134 Å². The van der Waals surface area contributed by atoms with Crippen molar-refractivity contribution in [2.24, 2.45) is 0 Å². The minimum Gasteiger partial charge on any atom is -0.467 e. The number of carbonyl (C=O) groups is 4. The molecule has 0 bridgehead atoms. The van der Waals surface area contributed by atoms with Crippen molar-refractivity contribution < 1.29 is 29.1 Å². The van der Waals surface area contributed by atoms with Crippen LogP contribution in [0.15, 0.2) is 30.3 Å². The van der Waals surface area contributed by atoms with Crippen molar-refractivity contribution in [3.05, 3.63) is 35.9 Å². The number of rotatable bonds is 11. The van der Waals surface area contributed by atoms with E-state index in [2.05, 4.69) is 15.4 Å². The van der Waals surface area contributed by atoms with Crippen LogP contribution in [0.4, 0.5) is 0 Å². The zero-order valence-corrected chi connectivity index (χ0v) is 15.2. The fourth-order valence-electron chi connectivity index (χ4n) is 2.29. The minimum absolute atomic E-state index is 0.0118. The molecule has 0 aliphatic carbocycles. The molecule has 1 aromatic rings. The summed E-state index contributed by atoms with van der Waals surface area (Å²) in [5.74, 6) is -1.85. The van der Waals surface area contributed by atoms with Crippen LogP contribution in [-0.4, -0.2) is 48.6 Å². The molecule has 1 atom stereocenters. The van der Waals surface area contributed by atoms with Gasteiger partial charge in [0.05, 0.1) is 7.11 Å². The van der Waals surface area contributed by atoms with Crippen LogP contribution in [-0.2, 0) is 19.1 Å². The van der Waals surface area contributed by atoms with E-state index in [1.54, 1.807) is 24.3 Å². The Morgan fingerprint density at radius 2 is 1.74 bits per heavy atom. The van der Waals surface area contributed by atoms with Crippen molar-refractivity contribution in [3.63, 3.8) is 0 Å². The maximum atomic E-state index is 12.0. The van der Waals surface area contributed by atoms with Crippen LogP contribution in [0, 0.1) is 0 Å². The van der Waals surface area contributed by atoms with E-state index < -0.39 is 17.9 Å². The molecule has 0 aliphatic heterocycles. The quantitative estimate of drug-likeness (QED) is 0.192. The third-order valence-electron chi connectivity index (χ3n) is 3.76.